The molecule has 142 valence electrons. The summed E-state index contributed by atoms with van der Waals surface area (Å²) >= 11 is 1.06. The fourth-order valence-electron chi connectivity index (χ4n) is 2.63. The van der Waals surface area contributed by atoms with Crippen LogP contribution in [-0.4, -0.2) is 29.6 Å². The number of anilines is 1. The summed E-state index contributed by atoms with van der Waals surface area (Å²) in [5.74, 6) is -3.53. The molecule has 2 aromatic rings. The maximum atomic E-state index is 14.0. The second-order valence-corrected chi connectivity index (χ2v) is 7.09. The van der Waals surface area contributed by atoms with Crippen LogP contribution in [0.15, 0.2) is 12.1 Å². The average Bonchev–Trinajstić information content (AvgIpc) is 2.87. The van der Waals surface area contributed by atoms with E-state index >= 15 is 0 Å². The molecule has 1 aromatic carbocycles. The molecule has 0 bridgehead atoms. The first-order valence-electron chi connectivity index (χ1n) is 7.60. The number of aromatic nitrogens is 1. The molecule has 3 N–H and O–H groups in total. The van der Waals surface area contributed by atoms with Crippen molar-refractivity contribution in [3.8, 4) is 11.3 Å². The Morgan fingerprint density at radius 1 is 1.27 bits per heavy atom. The minimum absolute atomic E-state index is 0. The molecule has 0 unspecified atom stereocenters. The van der Waals surface area contributed by atoms with Crippen LogP contribution in [-0.2, 0) is 9.53 Å². The van der Waals surface area contributed by atoms with Crippen LogP contribution >= 0.6 is 23.7 Å². The molecule has 2 heterocycles. The van der Waals surface area contributed by atoms with E-state index in [1.165, 1.54) is 0 Å². The molecule has 1 aliphatic rings. The van der Waals surface area contributed by atoms with Crippen LogP contribution in [0, 0.1) is 24.4 Å². The summed E-state index contributed by atoms with van der Waals surface area (Å²) in [6, 6.07) is 1.18. The summed E-state index contributed by atoms with van der Waals surface area (Å²) in [5, 5.41) is 2.78. The van der Waals surface area contributed by atoms with E-state index in [1.54, 1.807) is 6.92 Å². The van der Waals surface area contributed by atoms with Crippen molar-refractivity contribution < 1.29 is 22.7 Å². The van der Waals surface area contributed by atoms with Gasteiger partial charge in [0.1, 0.15) is 23.0 Å². The highest BCUT2D eigenvalue weighted by Crippen LogP contribution is 2.34. The zero-order valence-electron chi connectivity index (χ0n) is 13.8. The Bertz CT molecular complexity index is 802. The Morgan fingerprint density at radius 3 is 2.42 bits per heavy atom. The van der Waals surface area contributed by atoms with Crippen molar-refractivity contribution >= 4 is 34.8 Å². The largest absolute Gasteiger partial charge is 0.381 e. The van der Waals surface area contributed by atoms with Gasteiger partial charge in [0.25, 0.3) is 0 Å². The summed E-state index contributed by atoms with van der Waals surface area (Å²) in [4.78, 5) is 17.0. The average molecular weight is 408 g/mol. The molecule has 0 atom stereocenters. The molecule has 26 heavy (non-hydrogen) atoms. The maximum absolute atomic E-state index is 14.0. The number of nitrogens with one attached hydrogen (secondary N) is 1. The molecule has 1 fully saturated rings. The number of carbonyl (C=O) groups is 1. The Morgan fingerprint density at radius 2 is 1.85 bits per heavy atom. The van der Waals surface area contributed by atoms with Crippen molar-refractivity contribution in [2.24, 2.45) is 5.73 Å². The Kier molecular flexibility index (Phi) is 6.28. The van der Waals surface area contributed by atoms with Crippen molar-refractivity contribution in [3.05, 3.63) is 34.5 Å². The maximum Gasteiger partial charge on any atom is 0.246 e. The van der Waals surface area contributed by atoms with Crippen molar-refractivity contribution in [2.75, 3.05) is 18.5 Å². The highest BCUT2D eigenvalue weighted by Gasteiger charge is 2.36. The fraction of sp³-hybridized carbons (Fsp3) is 0.375. The van der Waals surface area contributed by atoms with Gasteiger partial charge in [0.05, 0.1) is 11.3 Å². The van der Waals surface area contributed by atoms with Gasteiger partial charge >= 0.3 is 0 Å². The lowest BCUT2D eigenvalue weighted by molar-refractivity contribution is -0.124. The van der Waals surface area contributed by atoms with E-state index in [1.807, 2.05) is 0 Å². The lowest BCUT2D eigenvalue weighted by atomic mass is 9.90. The quantitative estimate of drug-likeness (QED) is 0.817. The smallest absolute Gasteiger partial charge is 0.246 e. The predicted molar refractivity (Wildman–Crippen MR) is 95.0 cm³/mol. The number of hydrogen-bond acceptors (Lipinski definition) is 5. The number of rotatable bonds is 3. The minimum atomic E-state index is -1.07. The fourth-order valence-corrected chi connectivity index (χ4v) is 3.45. The first-order valence-corrected chi connectivity index (χ1v) is 8.42. The number of ether oxygens (including phenoxy) is 1. The van der Waals surface area contributed by atoms with Crippen molar-refractivity contribution in [1.29, 1.82) is 0 Å². The van der Waals surface area contributed by atoms with Crippen molar-refractivity contribution in [1.82, 2.24) is 4.98 Å². The van der Waals surface area contributed by atoms with Gasteiger partial charge in [-0.05, 0) is 19.8 Å². The van der Waals surface area contributed by atoms with E-state index in [0.717, 1.165) is 11.3 Å². The molecule has 1 aliphatic heterocycles. The second kappa shape index (κ2) is 7.91. The van der Waals surface area contributed by atoms with E-state index in [2.05, 4.69) is 10.3 Å². The number of thiazole rings is 1. The number of nitrogens with two attached hydrogens (primary N) is 1. The van der Waals surface area contributed by atoms with E-state index in [4.69, 9.17) is 10.5 Å². The molecule has 0 radical (unpaired) electrons. The van der Waals surface area contributed by atoms with Crippen LogP contribution in [0.3, 0.4) is 0 Å². The highest BCUT2D eigenvalue weighted by molar-refractivity contribution is 7.16. The van der Waals surface area contributed by atoms with Crippen LogP contribution in [0.1, 0.15) is 17.7 Å². The van der Waals surface area contributed by atoms with E-state index in [9.17, 15) is 18.0 Å². The van der Waals surface area contributed by atoms with Crippen molar-refractivity contribution in [2.45, 2.75) is 25.3 Å². The lowest BCUT2D eigenvalue weighted by Crippen LogP contribution is -2.54. The number of nitrogens with zero attached hydrogens (tertiary/aromatic N) is 1. The number of aryl methyl sites for hydroxylation is 1. The van der Waals surface area contributed by atoms with Gasteiger partial charge in [-0.15, -0.1) is 23.7 Å². The van der Waals surface area contributed by atoms with Crippen molar-refractivity contribution in [3.63, 3.8) is 0 Å². The SMILES string of the molecule is Cc1sc(NC(=O)C2(N)CCOCC2)nc1-c1c(F)cc(F)cc1F.Cl. The Balaban J connectivity index is 0.00000243. The zero-order chi connectivity index (χ0) is 18.2. The van der Waals surface area contributed by atoms with Crippen LogP contribution in [0.4, 0.5) is 18.3 Å². The minimum Gasteiger partial charge on any atom is -0.381 e. The molecular formula is C16H17ClF3N3O2S. The van der Waals surface area contributed by atoms with Crippen LogP contribution in [0.5, 0.6) is 0 Å². The normalized spacial score (nSPS) is 16.0. The monoisotopic (exact) mass is 407 g/mol. The van der Waals surface area contributed by atoms with Gasteiger partial charge in [0.2, 0.25) is 5.91 Å². The molecule has 0 spiro atoms. The molecular weight excluding hydrogens is 391 g/mol. The summed E-state index contributed by atoms with van der Waals surface area (Å²) < 4.78 is 46.2. The summed E-state index contributed by atoms with van der Waals surface area (Å²) in [6.07, 6.45) is 0.745. The molecule has 0 aliphatic carbocycles. The van der Waals surface area contributed by atoms with Gasteiger partial charge in [0.15, 0.2) is 5.13 Å². The molecule has 1 amide bonds. The standard InChI is InChI=1S/C16H16F3N3O2S.ClH/c1-8-13(12-10(18)6-9(17)7-11(12)19)21-15(25-8)22-14(23)16(20)2-4-24-5-3-16;/h6-7H,2-5,20H2,1H3,(H,21,22,23);1H. The number of amides is 1. The molecule has 1 saturated heterocycles. The summed E-state index contributed by atoms with van der Waals surface area (Å²) in [6.45, 7) is 2.38. The zero-order valence-corrected chi connectivity index (χ0v) is 15.4. The van der Waals surface area contributed by atoms with Gasteiger partial charge in [-0.3, -0.25) is 4.79 Å². The first-order chi connectivity index (χ1) is 11.8. The third-order valence-corrected chi connectivity index (χ3v) is 4.98. The van der Waals surface area contributed by atoms with E-state index in [0.29, 0.717) is 43.1 Å². The number of halogens is 4. The van der Waals surface area contributed by atoms with E-state index in [-0.39, 0.29) is 23.2 Å². The van der Waals surface area contributed by atoms with Crippen LogP contribution in [0.25, 0.3) is 11.3 Å². The first kappa shape index (κ1) is 20.6. The van der Waals surface area contributed by atoms with Crippen LogP contribution in [0.2, 0.25) is 0 Å². The third-order valence-electron chi connectivity index (χ3n) is 4.10. The van der Waals surface area contributed by atoms with Gasteiger partial charge in [-0.2, -0.15) is 0 Å². The van der Waals surface area contributed by atoms with Gasteiger partial charge in [-0.25, -0.2) is 18.2 Å². The summed E-state index contributed by atoms with van der Waals surface area (Å²) in [7, 11) is 0. The summed E-state index contributed by atoms with van der Waals surface area (Å²) in [5.41, 5.74) is 4.62. The van der Waals surface area contributed by atoms with E-state index < -0.39 is 34.5 Å². The van der Waals surface area contributed by atoms with Gasteiger partial charge < -0.3 is 15.8 Å². The second-order valence-electron chi connectivity index (χ2n) is 5.89. The molecule has 10 heteroatoms. The number of benzene rings is 1. The molecule has 0 saturated carbocycles. The third kappa shape index (κ3) is 4.01. The number of carbonyl (C=O) groups excluding carboxylic acids is 1. The Hall–Kier alpha value is -1.68. The molecule has 1 aromatic heterocycles. The highest BCUT2D eigenvalue weighted by atomic mass is 35.5. The number of hydrogen-bond donors (Lipinski definition) is 2. The van der Waals surface area contributed by atoms with Gasteiger partial charge in [0, 0.05) is 30.2 Å². The molecule has 5 nitrogen and oxygen atoms in total. The Labute approximate surface area is 158 Å². The molecule has 3 rings (SSSR count). The topological polar surface area (TPSA) is 77.2 Å². The van der Waals surface area contributed by atoms with Crippen LogP contribution < -0.4 is 11.1 Å². The van der Waals surface area contributed by atoms with Gasteiger partial charge in [-0.1, -0.05) is 0 Å². The predicted octanol–water partition coefficient (Wildman–Crippen LogP) is 3.40. The lowest BCUT2D eigenvalue weighted by Gasteiger charge is -2.31.